The van der Waals surface area contributed by atoms with E-state index in [1.165, 1.54) is 24.3 Å². The number of benzene rings is 2. The largest absolute Gasteiger partial charge is 0.417 e. The van der Waals surface area contributed by atoms with Crippen LogP contribution in [0.25, 0.3) is 11.6 Å². The number of alkyl halides is 3. The normalized spacial score (nSPS) is 13.8. The van der Waals surface area contributed by atoms with Crippen LogP contribution in [-0.4, -0.2) is 12.2 Å². The maximum absolute atomic E-state index is 13.4. The number of rotatable bonds is 0. The van der Waals surface area contributed by atoms with Gasteiger partial charge >= 0.3 is 12.2 Å². The maximum Gasteiger partial charge on any atom is 0.417 e. The number of fused-ring (bicyclic) bond motifs is 2. The monoisotopic (exact) mass is 304 g/mol. The Balaban J connectivity index is 2.39. The fourth-order valence-corrected chi connectivity index (χ4v) is 2.54. The molecule has 0 fully saturated rings. The first-order valence-corrected chi connectivity index (χ1v) is 6.46. The second-order valence-corrected chi connectivity index (χ2v) is 4.81. The fourth-order valence-electron chi connectivity index (χ4n) is 2.54. The molecule has 0 saturated heterocycles. The molecule has 3 nitrogen and oxygen atoms in total. The number of halogens is 3. The zero-order valence-corrected chi connectivity index (χ0v) is 11.3. The van der Waals surface area contributed by atoms with Crippen molar-refractivity contribution in [3.63, 3.8) is 0 Å². The van der Waals surface area contributed by atoms with Gasteiger partial charge < -0.3 is 5.73 Å². The molecule has 0 aromatic heterocycles. The minimum atomic E-state index is -4.54. The van der Waals surface area contributed by atoms with Gasteiger partial charge in [-0.25, -0.2) is 4.79 Å². The van der Waals surface area contributed by atoms with Gasteiger partial charge in [-0.1, -0.05) is 36.4 Å². The summed E-state index contributed by atoms with van der Waals surface area (Å²) in [6.45, 7) is 0. The molecule has 6 heteroatoms. The van der Waals surface area contributed by atoms with Crippen molar-refractivity contribution in [3.05, 3.63) is 59.7 Å². The van der Waals surface area contributed by atoms with Gasteiger partial charge in [0.2, 0.25) is 0 Å². The van der Waals surface area contributed by atoms with Crippen LogP contribution in [-0.2, 0) is 0 Å². The lowest BCUT2D eigenvalue weighted by Crippen LogP contribution is -2.32. The fraction of sp³-hybridized carbons (Fsp3) is 0.0625. The molecule has 1 aliphatic rings. The molecule has 1 heterocycles. The lowest BCUT2D eigenvalue weighted by atomic mass is 10.0. The van der Waals surface area contributed by atoms with Crippen LogP contribution >= 0.6 is 0 Å². The first-order valence-electron chi connectivity index (χ1n) is 6.46. The third-order valence-corrected chi connectivity index (χ3v) is 3.44. The van der Waals surface area contributed by atoms with Gasteiger partial charge in [-0.05, 0) is 23.8 Å². The number of para-hydroxylation sites is 2. The number of nitrogens with zero attached hydrogens (tertiary/aromatic N) is 1. The molecular weight excluding hydrogens is 293 g/mol. The minimum Gasteiger partial charge on any atom is -0.351 e. The minimum absolute atomic E-state index is 0.0787. The van der Waals surface area contributed by atoms with E-state index in [0.29, 0.717) is 5.69 Å². The van der Waals surface area contributed by atoms with Crippen molar-refractivity contribution in [1.29, 1.82) is 0 Å². The van der Waals surface area contributed by atoms with Crippen LogP contribution in [0.5, 0.6) is 0 Å². The van der Waals surface area contributed by atoms with Crippen LogP contribution in [0.3, 0.4) is 0 Å². The molecule has 1 aliphatic heterocycles. The lowest BCUT2D eigenvalue weighted by Gasteiger charge is -2.23. The number of primary amides is 1. The van der Waals surface area contributed by atoms with E-state index in [1.54, 1.807) is 24.3 Å². The highest BCUT2D eigenvalue weighted by atomic mass is 19.4. The molecule has 22 heavy (non-hydrogen) atoms. The summed E-state index contributed by atoms with van der Waals surface area (Å²) in [6.07, 6.45) is -3.51. The quantitative estimate of drug-likeness (QED) is 0.774. The summed E-state index contributed by atoms with van der Waals surface area (Å²) >= 11 is 0. The Labute approximate surface area is 124 Å². The van der Waals surface area contributed by atoms with E-state index < -0.39 is 17.8 Å². The summed E-state index contributed by atoms with van der Waals surface area (Å²) in [5, 5.41) is 0. The third-order valence-electron chi connectivity index (χ3n) is 3.44. The summed E-state index contributed by atoms with van der Waals surface area (Å²) in [5.74, 6) is 0. The molecule has 0 saturated carbocycles. The summed E-state index contributed by atoms with van der Waals surface area (Å²) in [5.41, 5.74) is 5.24. The number of carbonyl (C=O) groups excluding carboxylic acids is 1. The Morgan fingerprint density at radius 2 is 1.55 bits per heavy atom. The second kappa shape index (κ2) is 4.91. The zero-order valence-electron chi connectivity index (χ0n) is 11.3. The van der Waals surface area contributed by atoms with Crippen molar-refractivity contribution in [3.8, 4) is 0 Å². The van der Waals surface area contributed by atoms with Crippen LogP contribution < -0.4 is 10.6 Å². The van der Waals surface area contributed by atoms with E-state index >= 15 is 0 Å². The average molecular weight is 304 g/mol. The Hall–Kier alpha value is -2.76. The predicted molar refractivity (Wildman–Crippen MR) is 78.5 cm³/mol. The molecule has 0 unspecified atom stereocenters. The number of allylic oxidation sites excluding steroid dienone is 1. The van der Waals surface area contributed by atoms with E-state index in [1.807, 2.05) is 0 Å². The molecular formula is C16H11F3N2O. The number of carbonyl (C=O) groups is 1. The van der Waals surface area contributed by atoms with Crippen LogP contribution in [0.4, 0.5) is 29.3 Å². The molecule has 0 radical (unpaired) electrons. The molecule has 112 valence electrons. The third kappa shape index (κ3) is 2.22. The molecule has 0 bridgehead atoms. The first-order chi connectivity index (χ1) is 10.4. The summed E-state index contributed by atoms with van der Waals surface area (Å²) in [4.78, 5) is 12.9. The van der Waals surface area contributed by atoms with Crippen molar-refractivity contribution in [2.45, 2.75) is 6.18 Å². The van der Waals surface area contributed by atoms with Crippen molar-refractivity contribution in [2.24, 2.45) is 5.73 Å². The summed E-state index contributed by atoms with van der Waals surface area (Å²) in [6, 6.07) is 11.3. The summed E-state index contributed by atoms with van der Waals surface area (Å²) < 4.78 is 40.3. The number of hydrogen-bond donors (Lipinski definition) is 1. The van der Waals surface area contributed by atoms with Gasteiger partial charge in [0.25, 0.3) is 0 Å². The van der Waals surface area contributed by atoms with Gasteiger partial charge in [0.1, 0.15) is 0 Å². The van der Waals surface area contributed by atoms with Crippen LogP contribution in [0.2, 0.25) is 0 Å². The smallest absolute Gasteiger partial charge is 0.351 e. The van der Waals surface area contributed by atoms with E-state index in [2.05, 4.69) is 0 Å². The zero-order chi connectivity index (χ0) is 15.9. The number of nitrogens with two attached hydrogens (primary N) is 1. The molecule has 3 rings (SSSR count). The number of urea groups is 1. The Morgan fingerprint density at radius 1 is 0.955 bits per heavy atom. The standard InChI is InChI=1S/C16H11F3N2O/c17-16(18,19)12-9-10-5-1-3-7-13(10)21(15(20)22)14-8-4-2-6-11(12)14/h1-9H,(H2,20,22). The van der Waals surface area contributed by atoms with Crippen molar-refractivity contribution >= 4 is 29.1 Å². The molecule has 2 N–H and O–H groups in total. The highest BCUT2D eigenvalue weighted by Crippen LogP contribution is 2.45. The topological polar surface area (TPSA) is 46.3 Å². The number of anilines is 2. The van der Waals surface area contributed by atoms with Gasteiger partial charge in [-0.15, -0.1) is 0 Å². The highest BCUT2D eigenvalue weighted by molar-refractivity contribution is 6.07. The van der Waals surface area contributed by atoms with Gasteiger partial charge in [0.15, 0.2) is 0 Å². The van der Waals surface area contributed by atoms with E-state index in [9.17, 15) is 18.0 Å². The van der Waals surface area contributed by atoms with E-state index in [0.717, 1.165) is 11.0 Å². The maximum atomic E-state index is 13.4. The van der Waals surface area contributed by atoms with Crippen LogP contribution in [0, 0.1) is 0 Å². The predicted octanol–water partition coefficient (Wildman–Crippen LogP) is 4.32. The van der Waals surface area contributed by atoms with E-state index in [4.69, 9.17) is 5.73 Å². The molecule has 0 spiro atoms. The van der Waals surface area contributed by atoms with E-state index in [-0.39, 0.29) is 16.8 Å². The van der Waals surface area contributed by atoms with Gasteiger partial charge in [0.05, 0.1) is 16.9 Å². The Morgan fingerprint density at radius 3 is 2.18 bits per heavy atom. The van der Waals surface area contributed by atoms with Crippen molar-refractivity contribution < 1.29 is 18.0 Å². The van der Waals surface area contributed by atoms with Gasteiger partial charge in [-0.2, -0.15) is 13.2 Å². The average Bonchev–Trinajstić information content (AvgIpc) is 2.60. The first kappa shape index (κ1) is 14.2. The number of hydrogen-bond acceptors (Lipinski definition) is 1. The molecule has 0 aliphatic carbocycles. The van der Waals surface area contributed by atoms with Crippen LogP contribution in [0.1, 0.15) is 11.1 Å². The Kier molecular flexibility index (Phi) is 3.16. The summed E-state index contributed by atoms with van der Waals surface area (Å²) in [7, 11) is 0. The number of amides is 2. The van der Waals surface area contributed by atoms with Crippen molar-refractivity contribution in [1.82, 2.24) is 0 Å². The molecule has 2 aromatic rings. The second-order valence-electron chi connectivity index (χ2n) is 4.81. The van der Waals surface area contributed by atoms with Crippen LogP contribution in [0.15, 0.2) is 48.5 Å². The molecule has 2 aromatic carbocycles. The molecule has 2 amide bonds. The van der Waals surface area contributed by atoms with Crippen molar-refractivity contribution in [2.75, 3.05) is 4.90 Å². The Bertz CT molecular complexity index is 781. The van der Waals surface area contributed by atoms with Gasteiger partial charge in [-0.3, -0.25) is 4.90 Å². The highest BCUT2D eigenvalue weighted by Gasteiger charge is 2.38. The lowest BCUT2D eigenvalue weighted by molar-refractivity contribution is -0.0682. The molecule has 0 atom stereocenters. The SMILES string of the molecule is NC(=O)N1c2ccccc2C=C(C(F)(F)F)c2ccccc21. The van der Waals surface area contributed by atoms with Gasteiger partial charge in [0, 0.05) is 5.56 Å².